The summed E-state index contributed by atoms with van der Waals surface area (Å²) in [6, 6.07) is 13.8. The van der Waals surface area contributed by atoms with E-state index >= 15 is 0 Å². The fourth-order valence-electron chi connectivity index (χ4n) is 4.00. The number of rotatable bonds is 5. The molecule has 1 aromatic heterocycles. The Morgan fingerprint density at radius 3 is 2.70 bits per heavy atom. The fourth-order valence-corrected chi connectivity index (χ4v) is 4.00. The molecular formula is C22H25FN4. The van der Waals surface area contributed by atoms with Gasteiger partial charge in [-0.15, -0.1) is 0 Å². The van der Waals surface area contributed by atoms with Crippen LogP contribution in [0.25, 0.3) is 22.2 Å². The summed E-state index contributed by atoms with van der Waals surface area (Å²) in [4.78, 5) is 0. The van der Waals surface area contributed by atoms with Gasteiger partial charge in [0.05, 0.1) is 5.52 Å². The van der Waals surface area contributed by atoms with Crippen LogP contribution in [0.2, 0.25) is 0 Å². The van der Waals surface area contributed by atoms with Crippen LogP contribution in [0.15, 0.2) is 42.5 Å². The van der Waals surface area contributed by atoms with Gasteiger partial charge < -0.3 is 10.6 Å². The number of halogens is 1. The minimum atomic E-state index is -0.221. The molecule has 5 heteroatoms. The highest BCUT2D eigenvalue weighted by Gasteiger charge is 2.24. The summed E-state index contributed by atoms with van der Waals surface area (Å²) in [5.74, 6) is 0.510. The Morgan fingerprint density at radius 1 is 1.07 bits per heavy atom. The van der Waals surface area contributed by atoms with Gasteiger partial charge in [-0.1, -0.05) is 12.1 Å². The normalized spacial score (nSPS) is 18.1. The first-order chi connectivity index (χ1) is 13.3. The van der Waals surface area contributed by atoms with E-state index in [1.807, 2.05) is 6.07 Å². The topological polar surface area (TPSA) is 41.9 Å². The zero-order valence-corrected chi connectivity index (χ0v) is 15.4. The molecular weight excluding hydrogens is 339 g/mol. The Kier molecular flexibility index (Phi) is 4.32. The van der Waals surface area contributed by atoms with E-state index in [0.717, 1.165) is 66.2 Å². The van der Waals surface area contributed by atoms with E-state index in [1.54, 1.807) is 12.1 Å². The Balaban J connectivity index is 1.53. The molecule has 4 nitrogen and oxygen atoms in total. The summed E-state index contributed by atoms with van der Waals surface area (Å²) in [5, 5.41) is 13.1. The predicted octanol–water partition coefficient (Wildman–Crippen LogP) is 4.42. The third-order valence-electron chi connectivity index (χ3n) is 5.69. The molecule has 2 heterocycles. The van der Waals surface area contributed by atoms with Crippen LogP contribution in [-0.2, 0) is 6.54 Å². The molecule has 2 aromatic carbocycles. The van der Waals surface area contributed by atoms with E-state index in [-0.39, 0.29) is 5.82 Å². The number of anilines is 1. The van der Waals surface area contributed by atoms with Crippen molar-refractivity contribution in [3.05, 3.63) is 48.3 Å². The third kappa shape index (κ3) is 3.56. The van der Waals surface area contributed by atoms with Crippen molar-refractivity contribution in [1.29, 1.82) is 0 Å². The molecule has 0 atom stereocenters. The van der Waals surface area contributed by atoms with Crippen LogP contribution in [0.4, 0.5) is 10.1 Å². The lowest BCUT2D eigenvalue weighted by atomic mass is 10.0. The number of nitrogens with one attached hydrogen (secondary N) is 2. The van der Waals surface area contributed by atoms with E-state index in [0.29, 0.717) is 6.04 Å². The molecule has 140 valence electrons. The molecule has 0 spiro atoms. The zero-order chi connectivity index (χ0) is 18.2. The smallest absolute Gasteiger partial charge is 0.123 e. The maximum absolute atomic E-state index is 13.8. The maximum atomic E-state index is 13.8. The van der Waals surface area contributed by atoms with Crippen LogP contribution in [0.5, 0.6) is 0 Å². The van der Waals surface area contributed by atoms with Crippen molar-refractivity contribution in [1.82, 2.24) is 15.1 Å². The van der Waals surface area contributed by atoms with Gasteiger partial charge in [0, 0.05) is 29.2 Å². The molecule has 0 unspecified atom stereocenters. The molecule has 0 amide bonds. The predicted molar refractivity (Wildman–Crippen MR) is 107 cm³/mol. The molecule has 3 aromatic rings. The second-order valence-corrected chi connectivity index (χ2v) is 7.88. The lowest BCUT2D eigenvalue weighted by Crippen LogP contribution is -2.35. The number of piperidine rings is 1. The first kappa shape index (κ1) is 16.8. The first-order valence-corrected chi connectivity index (χ1v) is 10.00. The quantitative estimate of drug-likeness (QED) is 0.704. The van der Waals surface area contributed by atoms with Crippen molar-refractivity contribution in [2.75, 3.05) is 18.4 Å². The Bertz CT molecular complexity index is 954. The number of fused-ring (bicyclic) bond motifs is 1. The summed E-state index contributed by atoms with van der Waals surface area (Å²) in [6.45, 7) is 3.09. The number of benzene rings is 2. The average molecular weight is 364 g/mol. The molecule has 0 radical (unpaired) electrons. The highest BCUT2D eigenvalue weighted by molar-refractivity contribution is 5.95. The number of nitrogens with zero attached hydrogens (tertiary/aromatic N) is 2. The highest BCUT2D eigenvalue weighted by atomic mass is 19.1. The van der Waals surface area contributed by atoms with E-state index < -0.39 is 0 Å². The Hall–Kier alpha value is -2.40. The van der Waals surface area contributed by atoms with E-state index in [1.165, 1.54) is 18.9 Å². The number of aromatic nitrogens is 2. The van der Waals surface area contributed by atoms with Crippen molar-refractivity contribution < 1.29 is 4.39 Å². The Labute approximate surface area is 158 Å². The van der Waals surface area contributed by atoms with Gasteiger partial charge in [0.2, 0.25) is 0 Å². The van der Waals surface area contributed by atoms with Gasteiger partial charge in [0.25, 0.3) is 0 Å². The summed E-state index contributed by atoms with van der Waals surface area (Å²) < 4.78 is 15.9. The van der Waals surface area contributed by atoms with Crippen LogP contribution in [0.3, 0.4) is 0 Å². The molecule has 1 aliphatic carbocycles. The molecule has 27 heavy (non-hydrogen) atoms. The molecule has 2 fully saturated rings. The molecule has 1 aliphatic heterocycles. The standard InChI is InChI=1S/C22H25FN4/c23-17-3-1-2-16(12-17)22-20-7-6-19(25-18-8-10-24-11-9-18)13-21(20)27(26-22)14-15-4-5-15/h1-3,6-7,12-13,15,18,24-25H,4-5,8-11,14H2. The fraction of sp³-hybridized carbons (Fsp3) is 0.409. The van der Waals surface area contributed by atoms with Crippen LogP contribution in [-0.4, -0.2) is 28.9 Å². The summed E-state index contributed by atoms with van der Waals surface area (Å²) >= 11 is 0. The van der Waals surface area contributed by atoms with Crippen molar-refractivity contribution in [3.8, 4) is 11.3 Å². The summed E-state index contributed by atoms with van der Waals surface area (Å²) in [5.41, 5.74) is 4.00. The molecule has 2 N–H and O–H groups in total. The second kappa shape index (κ2) is 6.97. The van der Waals surface area contributed by atoms with Gasteiger partial charge in [-0.05, 0) is 75.0 Å². The van der Waals surface area contributed by atoms with Crippen LogP contribution < -0.4 is 10.6 Å². The van der Waals surface area contributed by atoms with Gasteiger partial charge in [-0.2, -0.15) is 5.10 Å². The van der Waals surface area contributed by atoms with E-state index in [2.05, 4.69) is 33.5 Å². The molecule has 5 rings (SSSR count). The minimum Gasteiger partial charge on any atom is -0.382 e. The van der Waals surface area contributed by atoms with Gasteiger partial charge >= 0.3 is 0 Å². The van der Waals surface area contributed by atoms with Crippen molar-refractivity contribution in [2.24, 2.45) is 5.92 Å². The van der Waals surface area contributed by atoms with E-state index in [4.69, 9.17) is 5.10 Å². The molecule has 1 saturated heterocycles. The number of hydrogen-bond donors (Lipinski definition) is 2. The SMILES string of the molecule is Fc1cccc(-c2nn(CC3CC3)c3cc(NC4CCNCC4)ccc23)c1. The summed E-state index contributed by atoms with van der Waals surface area (Å²) in [7, 11) is 0. The lowest BCUT2D eigenvalue weighted by Gasteiger charge is -2.24. The van der Waals surface area contributed by atoms with Crippen molar-refractivity contribution >= 4 is 16.6 Å². The van der Waals surface area contributed by atoms with Crippen LogP contribution in [0.1, 0.15) is 25.7 Å². The first-order valence-electron chi connectivity index (χ1n) is 10.00. The zero-order valence-electron chi connectivity index (χ0n) is 15.4. The largest absolute Gasteiger partial charge is 0.382 e. The van der Waals surface area contributed by atoms with Gasteiger partial charge in [0.15, 0.2) is 0 Å². The molecule has 2 aliphatic rings. The van der Waals surface area contributed by atoms with Crippen LogP contribution >= 0.6 is 0 Å². The van der Waals surface area contributed by atoms with Crippen molar-refractivity contribution in [2.45, 2.75) is 38.3 Å². The molecule has 0 bridgehead atoms. The summed E-state index contributed by atoms with van der Waals surface area (Å²) in [6.07, 6.45) is 4.86. The number of hydrogen-bond acceptors (Lipinski definition) is 3. The lowest BCUT2D eigenvalue weighted by molar-refractivity contribution is 0.479. The maximum Gasteiger partial charge on any atom is 0.123 e. The van der Waals surface area contributed by atoms with Gasteiger partial charge in [0.1, 0.15) is 11.5 Å². The van der Waals surface area contributed by atoms with Gasteiger partial charge in [-0.3, -0.25) is 4.68 Å². The highest BCUT2D eigenvalue weighted by Crippen LogP contribution is 2.35. The third-order valence-corrected chi connectivity index (χ3v) is 5.69. The van der Waals surface area contributed by atoms with Crippen molar-refractivity contribution in [3.63, 3.8) is 0 Å². The van der Waals surface area contributed by atoms with E-state index in [9.17, 15) is 4.39 Å². The van der Waals surface area contributed by atoms with Gasteiger partial charge in [-0.25, -0.2) is 4.39 Å². The average Bonchev–Trinajstić information content (AvgIpc) is 3.43. The second-order valence-electron chi connectivity index (χ2n) is 7.88. The Morgan fingerprint density at radius 2 is 1.93 bits per heavy atom. The molecule has 1 saturated carbocycles. The van der Waals surface area contributed by atoms with Crippen LogP contribution in [0, 0.1) is 11.7 Å². The minimum absolute atomic E-state index is 0.221. The monoisotopic (exact) mass is 364 g/mol.